The van der Waals surface area contributed by atoms with E-state index in [0.29, 0.717) is 12.8 Å². The van der Waals surface area contributed by atoms with Crippen LogP contribution >= 0.6 is 0 Å². The first kappa shape index (κ1) is 23.5. The zero-order valence-corrected chi connectivity index (χ0v) is 17.2. The van der Waals surface area contributed by atoms with Crippen LogP contribution in [-0.4, -0.2) is 0 Å². The van der Waals surface area contributed by atoms with Gasteiger partial charge in [0.2, 0.25) is 0 Å². The summed E-state index contributed by atoms with van der Waals surface area (Å²) in [5.74, 6) is -8.58. The van der Waals surface area contributed by atoms with Crippen LogP contribution in [0.2, 0.25) is 0 Å². The molecule has 0 saturated heterocycles. The molecule has 0 aliphatic carbocycles. The second-order valence-electron chi connectivity index (χ2n) is 7.19. The standard InChI is InChI=1S/C24H19F6O2/c1-3-5-14-8-11-16(22(27)21(14)26)19-18(31)12-17(25)20(23(19)28)24(29,30)32-15-9-6-13(4-2)7-10-15/h6-12H,3-5H2,1-2H3. The van der Waals surface area contributed by atoms with Crippen molar-refractivity contribution in [1.29, 1.82) is 0 Å². The molecule has 0 aliphatic heterocycles. The highest BCUT2D eigenvalue weighted by Crippen LogP contribution is 2.43. The third kappa shape index (κ3) is 4.40. The first-order chi connectivity index (χ1) is 15.1. The molecule has 169 valence electrons. The molecule has 0 aromatic heterocycles. The summed E-state index contributed by atoms with van der Waals surface area (Å²) in [6.45, 7) is 3.57. The number of hydrogen-bond acceptors (Lipinski definition) is 1. The second kappa shape index (κ2) is 9.14. The highest BCUT2D eigenvalue weighted by atomic mass is 19.3. The third-order valence-corrected chi connectivity index (χ3v) is 5.00. The Labute approximate surface area is 181 Å². The number of halogens is 6. The molecule has 0 saturated carbocycles. The third-order valence-electron chi connectivity index (χ3n) is 5.00. The van der Waals surface area contributed by atoms with Gasteiger partial charge in [-0.25, -0.2) is 17.6 Å². The molecule has 3 aromatic carbocycles. The number of aryl methyl sites for hydroxylation is 2. The molecule has 0 fully saturated rings. The van der Waals surface area contributed by atoms with Gasteiger partial charge in [-0.05, 0) is 36.1 Å². The molecule has 1 radical (unpaired) electrons. The first-order valence-electron chi connectivity index (χ1n) is 9.93. The molecule has 3 rings (SSSR count). The Morgan fingerprint density at radius 2 is 1.53 bits per heavy atom. The molecule has 8 heteroatoms. The van der Waals surface area contributed by atoms with E-state index >= 15 is 4.39 Å². The minimum absolute atomic E-state index is 0.0202. The fourth-order valence-electron chi connectivity index (χ4n) is 3.35. The predicted octanol–water partition coefficient (Wildman–Crippen LogP) is 7.70. The van der Waals surface area contributed by atoms with E-state index in [1.807, 2.05) is 6.92 Å². The maximum Gasteiger partial charge on any atom is 0.432 e. The highest BCUT2D eigenvalue weighted by Gasteiger charge is 2.43. The fraction of sp³-hybridized carbons (Fsp3) is 0.250. The quantitative estimate of drug-likeness (QED) is 0.337. The molecule has 0 heterocycles. The number of benzene rings is 3. The number of ether oxygens (including phenoxy) is 1. The van der Waals surface area contributed by atoms with Crippen LogP contribution in [0.1, 0.15) is 37.0 Å². The highest BCUT2D eigenvalue weighted by molar-refractivity contribution is 5.73. The summed E-state index contributed by atoms with van der Waals surface area (Å²) in [6, 6.07) is 7.54. The minimum atomic E-state index is -4.54. The van der Waals surface area contributed by atoms with Crippen molar-refractivity contribution in [2.24, 2.45) is 0 Å². The predicted molar refractivity (Wildman–Crippen MR) is 106 cm³/mol. The smallest absolute Gasteiger partial charge is 0.429 e. The van der Waals surface area contributed by atoms with Crippen LogP contribution in [0, 0.1) is 23.3 Å². The lowest BCUT2D eigenvalue weighted by Gasteiger charge is -2.21. The van der Waals surface area contributed by atoms with E-state index in [9.17, 15) is 27.1 Å². The van der Waals surface area contributed by atoms with Crippen molar-refractivity contribution < 1.29 is 36.2 Å². The van der Waals surface area contributed by atoms with Gasteiger partial charge in [0.25, 0.3) is 0 Å². The Kier molecular flexibility index (Phi) is 6.71. The lowest BCUT2D eigenvalue weighted by atomic mass is 9.97. The van der Waals surface area contributed by atoms with Gasteiger partial charge in [-0.1, -0.05) is 44.5 Å². The molecule has 3 aromatic rings. The maximum absolute atomic E-state index is 15.1. The average Bonchev–Trinajstić information content (AvgIpc) is 2.72. The molecule has 2 nitrogen and oxygen atoms in total. The summed E-state index contributed by atoms with van der Waals surface area (Å²) in [4.78, 5) is 0. The fourth-order valence-corrected chi connectivity index (χ4v) is 3.35. The van der Waals surface area contributed by atoms with Crippen molar-refractivity contribution in [2.45, 2.75) is 39.2 Å². The number of rotatable bonds is 7. The van der Waals surface area contributed by atoms with E-state index in [0.717, 1.165) is 17.7 Å². The van der Waals surface area contributed by atoms with Crippen molar-refractivity contribution >= 4 is 0 Å². The molecule has 0 amide bonds. The molecule has 0 atom stereocenters. The van der Waals surface area contributed by atoms with E-state index in [2.05, 4.69) is 4.74 Å². The topological polar surface area (TPSA) is 29.1 Å². The number of hydrogen-bond donors (Lipinski definition) is 0. The Balaban J connectivity index is 2.11. The average molecular weight is 453 g/mol. The molecular weight excluding hydrogens is 434 g/mol. The van der Waals surface area contributed by atoms with Crippen molar-refractivity contribution in [3.63, 3.8) is 0 Å². The molecule has 0 unspecified atom stereocenters. The second-order valence-corrected chi connectivity index (χ2v) is 7.19. The molecule has 32 heavy (non-hydrogen) atoms. The lowest BCUT2D eigenvalue weighted by Crippen LogP contribution is -2.25. The van der Waals surface area contributed by atoms with Crippen molar-refractivity contribution in [3.05, 3.63) is 82.4 Å². The summed E-state index contributed by atoms with van der Waals surface area (Å²) in [5, 5.41) is 12.2. The zero-order chi connectivity index (χ0) is 23.6. The largest absolute Gasteiger partial charge is 0.432 e. The molecular formula is C24H19F6O2. The Morgan fingerprint density at radius 3 is 2.12 bits per heavy atom. The van der Waals surface area contributed by atoms with E-state index < -0.39 is 51.8 Å². The molecule has 0 aliphatic rings. The number of alkyl halides is 2. The van der Waals surface area contributed by atoms with Crippen molar-refractivity contribution in [2.75, 3.05) is 0 Å². The van der Waals surface area contributed by atoms with Gasteiger partial charge >= 0.3 is 6.11 Å². The van der Waals surface area contributed by atoms with Crippen LogP contribution in [0.4, 0.5) is 26.3 Å². The van der Waals surface area contributed by atoms with Crippen molar-refractivity contribution in [3.8, 4) is 22.6 Å². The van der Waals surface area contributed by atoms with Crippen LogP contribution in [-0.2, 0) is 24.1 Å². The van der Waals surface area contributed by atoms with Gasteiger partial charge in [0.15, 0.2) is 23.2 Å². The summed E-state index contributed by atoms with van der Waals surface area (Å²) >= 11 is 0. The summed E-state index contributed by atoms with van der Waals surface area (Å²) in [6.07, 6.45) is -3.25. The normalized spacial score (nSPS) is 11.6. The molecule has 0 N–H and O–H groups in total. The Bertz CT molecular complexity index is 1130. The van der Waals surface area contributed by atoms with Gasteiger partial charge in [-0.15, -0.1) is 0 Å². The Hall–Kier alpha value is -3.16. The van der Waals surface area contributed by atoms with E-state index in [4.69, 9.17) is 0 Å². The van der Waals surface area contributed by atoms with Gasteiger partial charge in [0.05, 0.1) is 5.56 Å². The van der Waals surface area contributed by atoms with Crippen LogP contribution in [0.15, 0.2) is 42.5 Å². The summed E-state index contributed by atoms with van der Waals surface area (Å²) in [5.41, 5.74) is -3.16. The molecule has 0 bridgehead atoms. The summed E-state index contributed by atoms with van der Waals surface area (Å²) < 4.78 is 92.3. The first-order valence-corrected chi connectivity index (χ1v) is 9.93. The van der Waals surface area contributed by atoms with Gasteiger partial charge in [-0.3, -0.25) is 5.11 Å². The van der Waals surface area contributed by atoms with Gasteiger partial charge in [0.1, 0.15) is 17.1 Å². The summed E-state index contributed by atoms with van der Waals surface area (Å²) in [7, 11) is 0. The van der Waals surface area contributed by atoms with Crippen LogP contribution in [0.25, 0.3) is 11.1 Å². The maximum atomic E-state index is 15.1. The van der Waals surface area contributed by atoms with E-state index in [1.54, 1.807) is 6.92 Å². The van der Waals surface area contributed by atoms with E-state index in [-0.39, 0.29) is 23.8 Å². The van der Waals surface area contributed by atoms with Crippen LogP contribution in [0.3, 0.4) is 0 Å². The minimum Gasteiger partial charge on any atom is -0.429 e. The molecule has 0 spiro atoms. The van der Waals surface area contributed by atoms with Gasteiger partial charge in [-0.2, -0.15) is 8.78 Å². The van der Waals surface area contributed by atoms with E-state index in [1.165, 1.54) is 24.3 Å². The Morgan fingerprint density at radius 1 is 0.875 bits per heavy atom. The lowest BCUT2D eigenvalue weighted by molar-refractivity contribution is -0.189. The van der Waals surface area contributed by atoms with Crippen LogP contribution < -0.4 is 4.74 Å². The van der Waals surface area contributed by atoms with Crippen LogP contribution in [0.5, 0.6) is 11.5 Å². The van der Waals surface area contributed by atoms with Gasteiger partial charge in [0, 0.05) is 11.6 Å². The zero-order valence-electron chi connectivity index (χ0n) is 17.2. The van der Waals surface area contributed by atoms with Gasteiger partial charge < -0.3 is 4.74 Å². The monoisotopic (exact) mass is 453 g/mol. The van der Waals surface area contributed by atoms with Crippen molar-refractivity contribution in [1.82, 2.24) is 0 Å². The SMILES string of the molecule is CCCc1ccc(-c2c([O])cc(F)c(C(F)(F)Oc3ccc(CC)cc3)c2F)c(F)c1F.